The Kier molecular flexibility index (Phi) is 5.80. The first-order valence-corrected chi connectivity index (χ1v) is 13.1. The molecule has 10 heteroatoms. The molecule has 3 N–H and O–H groups in total. The van der Waals surface area contributed by atoms with Crippen LogP contribution in [0.5, 0.6) is 0 Å². The van der Waals surface area contributed by atoms with E-state index in [0.717, 1.165) is 25.7 Å². The maximum absolute atomic E-state index is 16.1. The van der Waals surface area contributed by atoms with Crippen molar-refractivity contribution in [2.24, 2.45) is 5.92 Å². The van der Waals surface area contributed by atoms with Gasteiger partial charge in [-0.1, -0.05) is 25.0 Å². The highest BCUT2D eigenvalue weighted by atomic mass is 19.1. The molecule has 1 aliphatic carbocycles. The van der Waals surface area contributed by atoms with Gasteiger partial charge in [-0.3, -0.25) is 19.9 Å². The van der Waals surface area contributed by atoms with E-state index in [1.54, 1.807) is 61.1 Å². The lowest BCUT2D eigenvalue weighted by molar-refractivity contribution is -0.119. The zero-order chi connectivity index (χ0) is 27.2. The minimum absolute atomic E-state index is 0.00291. The average molecular weight is 536 g/mol. The SMILES string of the molecule is O=C(Nc1cncc(-c2ccc3[nH]nc(-c4nc5c(-c6ccccc6F)nccc5[nH]4)c3c2F)c1)C1CCCC1. The predicted molar refractivity (Wildman–Crippen MR) is 148 cm³/mol. The number of anilines is 1. The Bertz CT molecular complexity index is 1910. The number of hydrogen-bond acceptors (Lipinski definition) is 5. The Hall–Kier alpha value is -4.99. The molecule has 0 unspecified atom stereocenters. The summed E-state index contributed by atoms with van der Waals surface area (Å²) in [5.41, 5.74) is 3.88. The number of H-pyrrole nitrogens is 2. The van der Waals surface area contributed by atoms with Gasteiger partial charge in [0.15, 0.2) is 5.82 Å². The summed E-state index contributed by atoms with van der Waals surface area (Å²) in [4.78, 5) is 29.1. The molecule has 0 radical (unpaired) electrons. The number of aromatic amines is 2. The number of nitrogens with zero attached hydrogens (tertiary/aromatic N) is 4. The fraction of sp³-hybridized carbons (Fsp3) is 0.167. The van der Waals surface area contributed by atoms with E-state index in [0.29, 0.717) is 50.4 Å². The first kappa shape index (κ1) is 24.1. The van der Waals surface area contributed by atoms with Crippen LogP contribution in [0.3, 0.4) is 0 Å². The van der Waals surface area contributed by atoms with Crippen LogP contribution in [0.2, 0.25) is 0 Å². The third kappa shape index (κ3) is 4.08. The van der Waals surface area contributed by atoms with Crippen LogP contribution < -0.4 is 5.32 Å². The maximum atomic E-state index is 16.1. The summed E-state index contributed by atoms with van der Waals surface area (Å²) >= 11 is 0. The second-order valence-corrected chi connectivity index (χ2v) is 9.98. The predicted octanol–water partition coefficient (Wildman–Crippen LogP) is 6.64. The second-order valence-electron chi connectivity index (χ2n) is 9.98. The number of imidazole rings is 1. The Balaban J connectivity index is 1.29. The molecule has 1 saturated carbocycles. The summed E-state index contributed by atoms with van der Waals surface area (Å²) < 4.78 is 30.7. The van der Waals surface area contributed by atoms with Crippen molar-refractivity contribution in [3.05, 3.63) is 78.8 Å². The standard InChI is InChI=1S/C30H23F2N7O/c31-21-8-4-3-7-20(21)26-27-23(11-12-34-26)36-29(37-27)28-24-22(38-39-28)10-9-19(25(24)32)17-13-18(15-33-14-17)35-30(40)16-5-1-2-6-16/h3-4,7-16H,1-2,5-6H2,(H,35,40)(H,36,37)(H,38,39). The number of hydrogen-bond donors (Lipinski definition) is 3. The van der Waals surface area contributed by atoms with Crippen LogP contribution in [0.15, 0.2) is 67.1 Å². The van der Waals surface area contributed by atoms with E-state index in [4.69, 9.17) is 0 Å². The van der Waals surface area contributed by atoms with Crippen LogP contribution in [0.25, 0.3) is 55.8 Å². The van der Waals surface area contributed by atoms with Gasteiger partial charge < -0.3 is 10.3 Å². The van der Waals surface area contributed by atoms with E-state index in [1.807, 2.05) is 0 Å². The largest absolute Gasteiger partial charge is 0.336 e. The van der Waals surface area contributed by atoms with Crippen LogP contribution in [-0.4, -0.2) is 36.0 Å². The van der Waals surface area contributed by atoms with Gasteiger partial charge in [-0.2, -0.15) is 5.10 Å². The maximum Gasteiger partial charge on any atom is 0.227 e. The van der Waals surface area contributed by atoms with Gasteiger partial charge in [-0.15, -0.1) is 0 Å². The van der Waals surface area contributed by atoms with Crippen LogP contribution >= 0.6 is 0 Å². The average Bonchev–Trinajstić information content (AvgIpc) is 3.73. The fourth-order valence-electron chi connectivity index (χ4n) is 5.45. The Morgan fingerprint density at radius 3 is 2.65 bits per heavy atom. The Morgan fingerprint density at radius 1 is 0.950 bits per heavy atom. The summed E-state index contributed by atoms with van der Waals surface area (Å²) in [5, 5.41) is 10.4. The lowest BCUT2D eigenvalue weighted by Gasteiger charge is -2.11. The van der Waals surface area contributed by atoms with Crippen molar-refractivity contribution in [2.75, 3.05) is 5.32 Å². The number of rotatable bonds is 5. The normalized spacial score (nSPS) is 13.8. The van der Waals surface area contributed by atoms with Gasteiger partial charge in [-0.25, -0.2) is 13.8 Å². The molecule has 0 bridgehead atoms. The molecule has 0 saturated heterocycles. The number of aromatic nitrogens is 6. The molecular weight excluding hydrogens is 512 g/mol. The number of nitrogens with one attached hydrogen (secondary N) is 3. The van der Waals surface area contributed by atoms with Gasteiger partial charge in [0.05, 0.1) is 28.3 Å². The van der Waals surface area contributed by atoms with E-state index in [9.17, 15) is 9.18 Å². The molecule has 0 spiro atoms. The zero-order valence-electron chi connectivity index (χ0n) is 21.2. The summed E-state index contributed by atoms with van der Waals surface area (Å²) in [6, 6.07) is 13.2. The van der Waals surface area contributed by atoms with Crippen molar-refractivity contribution in [3.8, 4) is 33.9 Å². The fourth-order valence-corrected chi connectivity index (χ4v) is 5.45. The molecule has 0 atom stereocenters. The number of benzene rings is 2. The van der Waals surface area contributed by atoms with E-state index >= 15 is 4.39 Å². The number of pyridine rings is 2. The number of carbonyl (C=O) groups excluding carboxylic acids is 1. The topological polar surface area (TPSA) is 112 Å². The van der Waals surface area contributed by atoms with Crippen molar-refractivity contribution in [2.45, 2.75) is 25.7 Å². The van der Waals surface area contributed by atoms with Gasteiger partial charge in [-0.05, 0) is 49.2 Å². The summed E-state index contributed by atoms with van der Waals surface area (Å²) in [6.07, 6.45) is 8.56. The quantitative estimate of drug-likeness (QED) is 0.229. The van der Waals surface area contributed by atoms with Crippen molar-refractivity contribution in [1.82, 2.24) is 30.1 Å². The third-order valence-electron chi connectivity index (χ3n) is 7.46. The van der Waals surface area contributed by atoms with Crippen molar-refractivity contribution in [1.29, 1.82) is 0 Å². The summed E-state index contributed by atoms with van der Waals surface area (Å²) in [5.74, 6) is -0.626. The summed E-state index contributed by atoms with van der Waals surface area (Å²) in [6.45, 7) is 0. The molecule has 6 aromatic rings. The first-order valence-electron chi connectivity index (χ1n) is 13.1. The minimum atomic E-state index is -0.504. The van der Waals surface area contributed by atoms with E-state index in [2.05, 4.69) is 35.5 Å². The molecule has 2 aromatic carbocycles. The van der Waals surface area contributed by atoms with Crippen LogP contribution in [0.1, 0.15) is 25.7 Å². The smallest absolute Gasteiger partial charge is 0.227 e. The lowest BCUT2D eigenvalue weighted by Crippen LogP contribution is -2.20. The molecule has 7 rings (SSSR count). The van der Waals surface area contributed by atoms with Crippen molar-refractivity contribution in [3.63, 3.8) is 0 Å². The molecule has 8 nitrogen and oxygen atoms in total. The molecule has 1 fully saturated rings. The van der Waals surface area contributed by atoms with E-state index in [-0.39, 0.29) is 22.9 Å². The molecule has 0 aliphatic heterocycles. The molecule has 40 heavy (non-hydrogen) atoms. The highest BCUT2D eigenvalue weighted by molar-refractivity contribution is 5.98. The van der Waals surface area contributed by atoms with Crippen LogP contribution in [-0.2, 0) is 4.79 Å². The monoisotopic (exact) mass is 535 g/mol. The Morgan fingerprint density at radius 2 is 1.80 bits per heavy atom. The first-order chi connectivity index (χ1) is 19.6. The van der Waals surface area contributed by atoms with Crippen molar-refractivity contribution >= 4 is 33.5 Å². The van der Waals surface area contributed by atoms with E-state index in [1.165, 1.54) is 6.07 Å². The number of fused-ring (bicyclic) bond motifs is 2. The minimum Gasteiger partial charge on any atom is -0.336 e. The number of halogens is 2. The van der Waals surface area contributed by atoms with Crippen LogP contribution in [0, 0.1) is 17.6 Å². The molecular formula is C30H23F2N7O. The van der Waals surface area contributed by atoms with Gasteiger partial charge in [0.25, 0.3) is 0 Å². The molecule has 4 aromatic heterocycles. The number of carbonyl (C=O) groups is 1. The van der Waals surface area contributed by atoms with Gasteiger partial charge in [0.2, 0.25) is 5.91 Å². The second kappa shape index (κ2) is 9.64. The zero-order valence-corrected chi connectivity index (χ0v) is 21.2. The highest BCUT2D eigenvalue weighted by Crippen LogP contribution is 2.36. The lowest BCUT2D eigenvalue weighted by atomic mass is 10.0. The van der Waals surface area contributed by atoms with Gasteiger partial charge in [0, 0.05) is 35.0 Å². The van der Waals surface area contributed by atoms with Gasteiger partial charge >= 0.3 is 0 Å². The van der Waals surface area contributed by atoms with Gasteiger partial charge in [0.1, 0.15) is 28.5 Å². The molecule has 198 valence electrons. The summed E-state index contributed by atoms with van der Waals surface area (Å²) in [7, 11) is 0. The molecule has 4 heterocycles. The molecule has 1 amide bonds. The Labute approximate surface area is 226 Å². The van der Waals surface area contributed by atoms with E-state index < -0.39 is 11.6 Å². The highest BCUT2D eigenvalue weighted by Gasteiger charge is 2.24. The molecule has 1 aliphatic rings. The third-order valence-corrected chi connectivity index (χ3v) is 7.46. The van der Waals surface area contributed by atoms with Crippen LogP contribution in [0.4, 0.5) is 14.5 Å². The van der Waals surface area contributed by atoms with Crippen molar-refractivity contribution < 1.29 is 13.6 Å². The number of amides is 1.